The molecule has 0 amide bonds. The Morgan fingerprint density at radius 2 is 2.11 bits per heavy atom. The van der Waals surface area contributed by atoms with Gasteiger partial charge in [-0.3, -0.25) is 4.98 Å². The molecule has 0 saturated heterocycles. The van der Waals surface area contributed by atoms with Gasteiger partial charge < -0.3 is 9.52 Å². The Morgan fingerprint density at radius 3 is 2.84 bits per heavy atom. The molecule has 5 heteroatoms. The number of hydrogen-bond acceptors (Lipinski definition) is 3. The maximum atomic E-state index is 13.6. The number of furan rings is 1. The van der Waals surface area contributed by atoms with Gasteiger partial charge in [0.05, 0.1) is 5.02 Å². The molecule has 2 aromatic heterocycles. The van der Waals surface area contributed by atoms with Gasteiger partial charge in [-0.05, 0) is 24.3 Å². The Bertz CT molecular complexity index is 741. The molecule has 0 bridgehead atoms. The molecule has 0 aliphatic heterocycles. The Morgan fingerprint density at radius 1 is 1.26 bits per heavy atom. The van der Waals surface area contributed by atoms with Crippen LogP contribution in [-0.2, 0) is 0 Å². The zero-order chi connectivity index (χ0) is 13.4. The van der Waals surface area contributed by atoms with Crippen molar-refractivity contribution in [2.24, 2.45) is 0 Å². The highest BCUT2D eigenvalue weighted by atomic mass is 35.5. The van der Waals surface area contributed by atoms with E-state index >= 15 is 0 Å². The number of benzene rings is 1. The Balaban J connectivity index is 2.10. The van der Waals surface area contributed by atoms with Gasteiger partial charge in [-0.2, -0.15) is 0 Å². The van der Waals surface area contributed by atoms with Crippen molar-refractivity contribution in [3.8, 4) is 0 Å². The summed E-state index contributed by atoms with van der Waals surface area (Å²) in [4.78, 5) is 3.83. The third-order valence-corrected chi connectivity index (χ3v) is 3.13. The van der Waals surface area contributed by atoms with E-state index in [2.05, 4.69) is 4.98 Å². The first-order chi connectivity index (χ1) is 9.16. The van der Waals surface area contributed by atoms with Crippen LogP contribution in [0.25, 0.3) is 11.0 Å². The molecule has 0 saturated carbocycles. The number of rotatable bonds is 2. The second-order valence-corrected chi connectivity index (χ2v) is 4.49. The number of aromatic nitrogens is 1. The van der Waals surface area contributed by atoms with Gasteiger partial charge in [-0.25, -0.2) is 4.39 Å². The topological polar surface area (TPSA) is 46.3 Å². The average Bonchev–Trinajstić information content (AvgIpc) is 2.84. The number of para-hydroxylation sites is 1. The zero-order valence-electron chi connectivity index (χ0n) is 9.68. The number of aliphatic hydroxyl groups excluding tert-OH is 1. The quantitative estimate of drug-likeness (QED) is 0.777. The molecule has 1 atom stereocenters. The average molecular weight is 278 g/mol. The molecule has 0 aliphatic rings. The molecule has 1 N–H and O–H groups in total. The molecule has 3 nitrogen and oxygen atoms in total. The van der Waals surface area contributed by atoms with E-state index < -0.39 is 11.9 Å². The van der Waals surface area contributed by atoms with Crippen molar-refractivity contribution in [3.05, 3.63) is 64.9 Å². The molecule has 0 aliphatic carbocycles. The van der Waals surface area contributed by atoms with Gasteiger partial charge in [-0.1, -0.05) is 23.7 Å². The number of halogens is 2. The molecule has 0 spiro atoms. The van der Waals surface area contributed by atoms with Gasteiger partial charge in [-0.15, -0.1) is 0 Å². The lowest BCUT2D eigenvalue weighted by molar-refractivity contribution is 0.182. The third-order valence-electron chi connectivity index (χ3n) is 2.83. The lowest BCUT2D eigenvalue weighted by Crippen LogP contribution is -2.03. The van der Waals surface area contributed by atoms with Gasteiger partial charge in [0.1, 0.15) is 17.3 Å². The fraction of sp³-hybridized carbons (Fsp3) is 0.0714. The van der Waals surface area contributed by atoms with Crippen LogP contribution in [-0.4, -0.2) is 10.1 Å². The molecule has 1 unspecified atom stereocenters. The predicted octanol–water partition coefficient (Wildman–Crippen LogP) is 3.70. The first kappa shape index (κ1) is 12.1. The van der Waals surface area contributed by atoms with E-state index in [4.69, 9.17) is 16.0 Å². The number of hydrogen-bond donors (Lipinski definition) is 1. The fourth-order valence-corrected chi connectivity index (χ4v) is 2.14. The highest BCUT2D eigenvalue weighted by Gasteiger charge is 2.20. The van der Waals surface area contributed by atoms with Crippen LogP contribution in [0.3, 0.4) is 0 Å². The minimum Gasteiger partial charge on any atom is -0.456 e. The van der Waals surface area contributed by atoms with Gasteiger partial charge >= 0.3 is 0 Å². The van der Waals surface area contributed by atoms with E-state index in [-0.39, 0.29) is 11.5 Å². The van der Waals surface area contributed by atoms with Crippen molar-refractivity contribution in [1.29, 1.82) is 0 Å². The second-order valence-electron chi connectivity index (χ2n) is 4.08. The molecular formula is C14H9ClFNO2. The Kier molecular flexibility index (Phi) is 2.97. The van der Waals surface area contributed by atoms with Crippen molar-refractivity contribution in [2.75, 3.05) is 0 Å². The van der Waals surface area contributed by atoms with Crippen LogP contribution in [0, 0.1) is 5.82 Å². The zero-order valence-corrected chi connectivity index (χ0v) is 10.4. The lowest BCUT2D eigenvalue weighted by atomic mass is 10.1. The number of fused-ring (bicyclic) bond motifs is 1. The third kappa shape index (κ3) is 2.09. The van der Waals surface area contributed by atoms with Crippen LogP contribution in [0.5, 0.6) is 0 Å². The summed E-state index contributed by atoms with van der Waals surface area (Å²) in [6.07, 6.45) is 0.154. The van der Waals surface area contributed by atoms with E-state index in [0.717, 1.165) is 5.39 Å². The molecule has 2 heterocycles. The molecule has 96 valence electrons. The van der Waals surface area contributed by atoms with E-state index in [1.807, 2.05) is 0 Å². The summed E-state index contributed by atoms with van der Waals surface area (Å²) >= 11 is 5.99. The maximum absolute atomic E-state index is 13.6. The lowest BCUT2D eigenvalue weighted by Gasteiger charge is -2.07. The standard InChI is InChI=1S/C14H9ClFNO2/c15-9-4-1-3-8-7-11(19-14(8)9)13(18)12-10(16)5-2-6-17-12/h1-7,13,18H. The molecule has 3 rings (SSSR count). The fourth-order valence-electron chi connectivity index (χ4n) is 1.92. The summed E-state index contributed by atoms with van der Waals surface area (Å²) in [6.45, 7) is 0. The highest BCUT2D eigenvalue weighted by molar-refractivity contribution is 6.34. The summed E-state index contributed by atoms with van der Waals surface area (Å²) < 4.78 is 19.1. The minimum atomic E-state index is -1.26. The number of nitrogens with zero attached hydrogens (tertiary/aromatic N) is 1. The summed E-state index contributed by atoms with van der Waals surface area (Å²) in [5.74, 6) is -0.373. The molecule has 19 heavy (non-hydrogen) atoms. The molecule has 1 aromatic carbocycles. The van der Waals surface area contributed by atoms with Crippen LogP contribution < -0.4 is 0 Å². The normalized spacial score (nSPS) is 12.8. The van der Waals surface area contributed by atoms with Crippen molar-refractivity contribution in [3.63, 3.8) is 0 Å². The van der Waals surface area contributed by atoms with Crippen molar-refractivity contribution < 1.29 is 13.9 Å². The van der Waals surface area contributed by atoms with Gasteiger partial charge in [0.25, 0.3) is 0 Å². The SMILES string of the molecule is OC(c1cc2cccc(Cl)c2o1)c1ncccc1F. The largest absolute Gasteiger partial charge is 0.456 e. The number of aliphatic hydroxyl groups is 1. The predicted molar refractivity (Wildman–Crippen MR) is 69.5 cm³/mol. The molecular weight excluding hydrogens is 269 g/mol. The van der Waals surface area contributed by atoms with Crippen molar-refractivity contribution >= 4 is 22.6 Å². The van der Waals surface area contributed by atoms with Gasteiger partial charge in [0.15, 0.2) is 11.7 Å². The van der Waals surface area contributed by atoms with Crippen molar-refractivity contribution in [2.45, 2.75) is 6.10 Å². The van der Waals surface area contributed by atoms with Crippen molar-refractivity contribution in [1.82, 2.24) is 4.98 Å². The Labute approximate surface area is 113 Å². The minimum absolute atomic E-state index is 0.0716. The smallest absolute Gasteiger partial charge is 0.156 e. The second kappa shape index (κ2) is 4.64. The summed E-state index contributed by atoms with van der Waals surface area (Å²) in [5.41, 5.74) is 0.396. The van der Waals surface area contributed by atoms with E-state index in [9.17, 15) is 9.50 Å². The van der Waals surface area contributed by atoms with E-state index in [0.29, 0.717) is 10.6 Å². The summed E-state index contributed by atoms with van der Waals surface area (Å²) in [5, 5.41) is 11.3. The first-order valence-corrected chi connectivity index (χ1v) is 6.01. The van der Waals surface area contributed by atoms with Gasteiger partial charge in [0, 0.05) is 11.6 Å². The van der Waals surface area contributed by atoms with E-state index in [1.54, 1.807) is 24.3 Å². The van der Waals surface area contributed by atoms with Crippen LogP contribution >= 0.6 is 11.6 Å². The molecule has 0 radical (unpaired) electrons. The molecule has 0 fully saturated rings. The van der Waals surface area contributed by atoms with Crippen LogP contribution in [0.15, 0.2) is 47.0 Å². The van der Waals surface area contributed by atoms with Crippen LogP contribution in [0.4, 0.5) is 4.39 Å². The summed E-state index contributed by atoms with van der Waals surface area (Å²) in [6, 6.07) is 9.58. The summed E-state index contributed by atoms with van der Waals surface area (Å²) in [7, 11) is 0. The number of pyridine rings is 1. The van der Waals surface area contributed by atoms with Crippen LogP contribution in [0.1, 0.15) is 17.6 Å². The highest BCUT2D eigenvalue weighted by Crippen LogP contribution is 2.31. The Hall–Kier alpha value is -1.91. The van der Waals surface area contributed by atoms with Crippen LogP contribution in [0.2, 0.25) is 5.02 Å². The first-order valence-electron chi connectivity index (χ1n) is 5.63. The van der Waals surface area contributed by atoms with Gasteiger partial charge in [0.2, 0.25) is 0 Å². The molecule has 3 aromatic rings. The maximum Gasteiger partial charge on any atom is 0.156 e. The van der Waals surface area contributed by atoms with E-state index in [1.165, 1.54) is 18.3 Å². The monoisotopic (exact) mass is 277 g/mol.